The molecule has 0 aromatic carbocycles. The number of carbonyl (C=O) groups excluding carboxylic acids is 2. The van der Waals surface area contributed by atoms with Crippen molar-refractivity contribution in [3.8, 4) is 0 Å². The van der Waals surface area contributed by atoms with Crippen LogP contribution in [0.2, 0.25) is 0 Å². The van der Waals surface area contributed by atoms with Gasteiger partial charge < -0.3 is 14.9 Å². The zero-order valence-corrected chi connectivity index (χ0v) is 12.2. The van der Waals surface area contributed by atoms with Crippen molar-refractivity contribution in [1.29, 1.82) is 0 Å². The second kappa shape index (κ2) is 4.12. The van der Waals surface area contributed by atoms with Gasteiger partial charge in [0, 0.05) is 25.3 Å². The predicted octanol–water partition coefficient (Wildman–Crippen LogP) is 0.424. The van der Waals surface area contributed by atoms with Crippen LogP contribution in [0.1, 0.15) is 33.1 Å². The molecule has 106 valence electrons. The maximum Gasteiger partial charge on any atom is 0.246 e. The fraction of sp³-hybridized carbons (Fsp3) is 0.846. The van der Waals surface area contributed by atoms with Gasteiger partial charge in [0.15, 0.2) is 0 Å². The number of aliphatic hydroxyl groups is 1. The molecule has 5 nitrogen and oxygen atoms in total. The number of thioether (sulfide) groups is 1. The van der Waals surface area contributed by atoms with Crippen LogP contribution in [0, 0.1) is 0 Å². The first-order chi connectivity index (χ1) is 8.82. The molecule has 0 saturated carbocycles. The number of fused-ring (bicyclic) bond motifs is 1. The molecular weight excluding hydrogens is 264 g/mol. The van der Waals surface area contributed by atoms with Gasteiger partial charge in [0.25, 0.3) is 0 Å². The van der Waals surface area contributed by atoms with E-state index in [0.29, 0.717) is 31.7 Å². The van der Waals surface area contributed by atoms with E-state index in [1.807, 2.05) is 0 Å². The van der Waals surface area contributed by atoms with Crippen LogP contribution in [0.15, 0.2) is 0 Å². The van der Waals surface area contributed by atoms with Crippen LogP contribution < -0.4 is 0 Å². The largest absolute Gasteiger partial charge is 0.388 e. The first kappa shape index (κ1) is 13.2. The number of amides is 2. The van der Waals surface area contributed by atoms with Gasteiger partial charge in [-0.05, 0) is 26.7 Å². The van der Waals surface area contributed by atoms with Gasteiger partial charge in [-0.2, -0.15) is 0 Å². The molecule has 0 radical (unpaired) electrons. The SMILES string of the molecule is CC1(O)CCN(C(=O)C2CSC3(C)CCC(=O)N23)C1. The van der Waals surface area contributed by atoms with Crippen LogP contribution in [-0.2, 0) is 9.59 Å². The summed E-state index contributed by atoms with van der Waals surface area (Å²) in [5.74, 6) is 0.778. The van der Waals surface area contributed by atoms with Crippen LogP contribution in [0.5, 0.6) is 0 Å². The maximum absolute atomic E-state index is 12.6. The Morgan fingerprint density at radius 1 is 1.42 bits per heavy atom. The maximum atomic E-state index is 12.6. The number of rotatable bonds is 1. The lowest BCUT2D eigenvalue weighted by atomic mass is 10.1. The van der Waals surface area contributed by atoms with Crippen LogP contribution in [0.3, 0.4) is 0 Å². The first-order valence-electron chi connectivity index (χ1n) is 6.80. The van der Waals surface area contributed by atoms with Gasteiger partial charge in [-0.1, -0.05) is 0 Å². The lowest BCUT2D eigenvalue weighted by Crippen LogP contribution is -2.51. The molecule has 0 aromatic heterocycles. The Labute approximate surface area is 117 Å². The smallest absolute Gasteiger partial charge is 0.246 e. The highest BCUT2D eigenvalue weighted by atomic mass is 32.2. The van der Waals surface area contributed by atoms with Crippen molar-refractivity contribution in [3.05, 3.63) is 0 Å². The van der Waals surface area contributed by atoms with Crippen molar-refractivity contribution < 1.29 is 14.7 Å². The van der Waals surface area contributed by atoms with E-state index in [-0.39, 0.29) is 22.7 Å². The Balaban J connectivity index is 1.76. The normalized spacial score (nSPS) is 42.1. The van der Waals surface area contributed by atoms with E-state index in [2.05, 4.69) is 6.92 Å². The molecule has 3 saturated heterocycles. The Hall–Kier alpha value is -0.750. The highest BCUT2D eigenvalue weighted by molar-refractivity contribution is 8.01. The van der Waals surface area contributed by atoms with Gasteiger partial charge in [0.1, 0.15) is 6.04 Å². The third-order valence-electron chi connectivity index (χ3n) is 4.49. The molecule has 3 atom stereocenters. The minimum absolute atomic E-state index is 0.00394. The number of carbonyl (C=O) groups is 2. The first-order valence-corrected chi connectivity index (χ1v) is 7.78. The van der Waals surface area contributed by atoms with Gasteiger partial charge in [-0.3, -0.25) is 9.59 Å². The van der Waals surface area contributed by atoms with E-state index >= 15 is 0 Å². The molecule has 3 fully saturated rings. The highest BCUT2D eigenvalue weighted by Crippen LogP contribution is 2.47. The summed E-state index contributed by atoms with van der Waals surface area (Å²) in [5.41, 5.74) is -0.778. The fourth-order valence-electron chi connectivity index (χ4n) is 3.35. The second-order valence-corrected chi connectivity index (χ2v) is 7.77. The molecule has 2 amide bonds. The number of hydrogen-bond acceptors (Lipinski definition) is 4. The summed E-state index contributed by atoms with van der Waals surface area (Å²) in [6.07, 6.45) is 1.99. The Morgan fingerprint density at radius 3 is 2.79 bits per heavy atom. The van der Waals surface area contributed by atoms with Crippen molar-refractivity contribution in [3.63, 3.8) is 0 Å². The van der Waals surface area contributed by atoms with Crippen LogP contribution in [0.25, 0.3) is 0 Å². The second-order valence-electron chi connectivity index (χ2n) is 6.27. The molecule has 3 aliphatic rings. The molecule has 1 N–H and O–H groups in total. The fourth-order valence-corrected chi connectivity index (χ4v) is 4.77. The third kappa shape index (κ3) is 2.05. The van der Waals surface area contributed by atoms with Crippen LogP contribution in [-0.4, -0.2) is 62.1 Å². The number of nitrogens with zero attached hydrogens (tertiary/aromatic N) is 2. The summed E-state index contributed by atoms with van der Waals surface area (Å²) < 4.78 is 0. The average molecular weight is 284 g/mol. The minimum atomic E-state index is -0.778. The summed E-state index contributed by atoms with van der Waals surface area (Å²) in [6.45, 7) is 4.78. The Kier molecular flexibility index (Phi) is 2.87. The molecule has 0 aromatic rings. The van der Waals surface area contributed by atoms with Gasteiger partial charge >= 0.3 is 0 Å². The standard InChI is InChI=1S/C13H20N2O3S/c1-12(18)5-6-14(8-12)11(17)9-7-19-13(2)4-3-10(16)15(9)13/h9,18H,3-8H2,1-2H3. The van der Waals surface area contributed by atoms with Crippen molar-refractivity contribution in [2.24, 2.45) is 0 Å². The summed E-state index contributed by atoms with van der Waals surface area (Å²) in [5, 5.41) is 9.97. The molecule has 0 aliphatic carbocycles. The Bertz CT molecular complexity index is 440. The Morgan fingerprint density at radius 2 is 2.16 bits per heavy atom. The van der Waals surface area contributed by atoms with Gasteiger partial charge in [0.05, 0.1) is 10.5 Å². The topological polar surface area (TPSA) is 60.9 Å². The van der Waals surface area contributed by atoms with Gasteiger partial charge in [-0.15, -0.1) is 11.8 Å². The van der Waals surface area contributed by atoms with Crippen LogP contribution in [0.4, 0.5) is 0 Å². The van der Waals surface area contributed by atoms with E-state index in [0.717, 1.165) is 6.42 Å². The van der Waals surface area contributed by atoms with Crippen molar-refractivity contribution >= 4 is 23.6 Å². The summed E-state index contributed by atoms with van der Waals surface area (Å²) in [4.78, 5) is 27.9. The van der Waals surface area contributed by atoms with E-state index < -0.39 is 5.60 Å². The average Bonchev–Trinajstić information content (AvgIpc) is 2.94. The summed E-state index contributed by atoms with van der Waals surface area (Å²) in [7, 11) is 0. The van der Waals surface area contributed by atoms with Gasteiger partial charge in [-0.25, -0.2) is 0 Å². The quantitative estimate of drug-likeness (QED) is 0.758. The van der Waals surface area contributed by atoms with E-state index in [9.17, 15) is 14.7 Å². The number of likely N-dealkylation sites (tertiary alicyclic amines) is 1. The van der Waals surface area contributed by atoms with E-state index in [4.69, 9.17) is 0 Å². The summed E-state index contributed by atoms with van der Waals surface area (Å²) in [6, 6.07) is -0.334. The van der Waals surface area contributed by atoms with Crippen molar-refractivity contribution in [1.82, 2.24) is 9.80 Å². The molecule has 0 spiro atoms. The summed E-state index contributed by atoms with van der Waals surface area (Å²) >= 11 is 1.71. The minimum Gasteiger partial charge on any atom is -0.388 e. The van der Waals surface area contributed by atoms with Crippen molar-refractivity contribution in [2.75, 3.05) is 18.8 Å². The lowest BCUT2D eigenvalue weighted by molar-refractivity contribution is -0.143. The van der Waals surface area contributed by atoms with E-state index in [1.165, 1.54) is 0 Å². The molecule has 0 bridgehead atoms. The third-order valence-corrected chi connectivity index (χ3v) is 6.00. The molecule has 3 rings (SSSR count). The molecule has 19 heavy (non-hydrogen) atoms. The molecule has 6 heteroatoms. The monoisotopic (exact) mass is 284 g/mol. The lowest BCUT2D eigenvalue weighted by Gasteiger charge is -2.32. The molecule has 3 heterocycles. The molecular formula is C13H20N2O3S. The number of β-amino-alcohol motifs (C(OH)–C–C–N with tert-alkyl or cyclic N) is 1. The molecule has 3 unspecified atom stereocenters. The molecule has 3 aliphatic heterocycles. The zero-order valence-electron chi connectivity index (χ0n) is 11.4. The zero-order chi connectivity index (χ0) is 13.8. The van der Waals surface area contributed by atoms with Crippen molar-refractivity contribution in [2.45, 2.75) is 49.6 Å². The highest BCUT2D eigenvalue weighted by Gasteiger charge is 2.54. The van der Waals surface area contributed by atoms with E-state index in [1.54, 1.807) is 28.5 Å². The predicted molar refractivity (Wildman–Crippen MR) is 72.6 cm³/mol. The van der Waals surface area contributed by atoms with Gasteiger partial charge in [0.2, 0.25) is 11.8 Å². The number of hydrogen-bond donors (Lipinski definition) is 1. The van der Waals surface area contributed by atoms with Crippen LogP contribution >= 0.6 is 11.8 Å².